The molecular weight excluding hydrogens is 256 g/mol. The second-order valence-corrected chi connectivity index (χ2v) is 5.20. The Morgan fingerprint density at radius 1 is 1.30 bits per heavy atom. The second kappa shape index (κ2) is 5.36. The molecule has 1 heterocycles. The Labute approximate surface area is 117 Å². The van der Waals surface area contributed by atoms with E-state index < -0.39 is 12.0 Å². The molecule has 1 amide bonds. The summed E-state index contributed by atoms with van der Waals surface area (Å²) in [6, 6.07) is 5.44. The highest BCUT2D eigenvalue weighted by Crippen LogP contribution is 2.21. The summed E-state index contributed by atoms with van der Waals surface area (Å²) in [5.41, 5.74) is 3.60. The second-order valence-electron chi connectivity index (χ2n) is 5.20. The first-order valence-corrected chi connectivity index (χ1v) is 6.49. The number of aryl methyl sites for hydroxylation is 2. The lowest BCUT2D eigenvalue weighted by Crippen LogP contribution is -2.34. The van der Waals surface area contributed by atoms with Crippen molar-refractivity contribution in [2.45, 2.75) is 33.2 Å². The maximum atomic E-state index is 12.1. The van der Waals surface area contributed by atoms with Gasteiger partial charge in [0.15, 0.2) is 0 Å². The number of nitrogens with one attached hydrogen (secondary N) is 2. The van der Waals surface area contributed by atoms with Gasteiger partial charge in [-0.25, -0.2) is 0 Å². The zero-order valence-corrected chi connectivity index (χ0v) is 11.8. The van der Waals surface area contributed by atoms with Gasteiger partial charge in [-0.3, -0.25) is 9.59 Å². The van der Waals surface area contributed by atoms with Crippen molar-refractivity contribution in [3.05, 3.63) is 35.0 Å². The van der Waals surface area contributed by atoms with Gasteiger partial charge in [0.2, 0.25) is 0 Å². The fourth-order valence-corrected chi connectivity index (χ4v) is 2.34. The molecule has 2 rings (SSSR count). The van der Waals surface area contributed by atoms with Gasteiger partial charge in [0.25, 0.3) is 5.91 Å². The van der Waals surface area contributed by atoms with Gasteiger partial charge >= 0.3 is 5.97 Å². The van der Waals surface area contributed by atoms with E-state index in [0.29, 0.717) is 5.69 Å². The van der Waals surface area contributed by atoms with E-state index in [4.69, 9.17) is 5.11 Å². The number of carbonyl (C=O) groups excluding carboxylic acids is 1. The first-order chi connectivity index (χ1) is 9.36. The Bertz CT molecular complexity index is 673. The van der Waals surface area contributed by atoms with Crippen molar-refractivity contribution in [3.63, 3.8) is 0 Å². The van der Waals surface area contributed by atoms with Crippen molar-refractivity contribution < 1.29 is 14.7 Å². The number of carboxylic acids is 1. The van der Waals surface area contributed by atoms with Gasteiger partial charge in [-0.1, -0.05) is 6.07 Å². The highest BCUT2D eigenvalue weighted by molar-refractivity contribution is 5.99. The third-order valence-corrected chi connectivity index (χ3v) is 3.19. The number of benzene rings is 1. The predicted octanol–water partition coefficient (Wildman–Crippen LogP) is 2.38. The monoisotopic (exact) mass is 274 g/mol. The van der Waals surface area contributed by atoms with E-state index in [9.17, 15) is 9.59 Å². The Hall–Kier alpha value is -2.30. The van der Waals surface area contributed by atoms with Crippen LogP contribution in [0.3, 0.4) is 0 Å². The van der Waals surface area contributed by atoms with Crippen LogP contribution < -0.4 is 5.32 Å². The molecule has 0 fully saturated rings. The molecule has 0 spiro atoms. The Morgan fingerprint density at radius 2 is 2.00 bits per heavy atom. The fraction of sp³-hybridized carbons (Fsp3) is 0.333. The molecule has 0 aliphatic rings. The molecule has 0 aliphatic carbocycles. The summed E-state index contributed by atoms with van der Waals surface area (Å²) in [5.74, 6) is -1.21. The number of aromatic amines is 1. The van der Waals surface area contributed by atoms with Crippen LogP contribution in [0.4, 0.5) is 0 Å². The quantitative estimate of drug-likeness (QED) is 0.800. The van der Waals surface area contributed by atoms with Crippen LogP contribution in [0, 0.1) is 13.8 Å². The molecule has 0 bridgehead atoms. The number of aromatic nitrogens is 1. The number of aliphatic carboxylic acids is 1. The van der Waals surface area contributed by atoms with Crippen LogP contribution in [0.1, 0.15) is 35.0 Å². The molecule has 1 aromatic carbocycles. The van der Waals surface area contributed by atoms with Crippen LogP contribution >= 0.6 is 0 Å². The molecule has 0 aliphatic heterocycles. The van der Waals surface area contributed by atoms with Crippen LogP contribution in [0.5, 0.6) is 0 Å². The zero-order chi connectivity index (χ0) is 14.9. The smallest absolute Gasteiger partial charge is 0.305 e. The molecule has 2 aromatic rings. The SMILES string of the molecule is Cc1cc(C)c2cc(C(=O)NC(C)CC(=O)O)[nH]c2c1. The number of carbonyl (C=O) groups is 2. The van der Waals surface area contributed by atoms with Crippen molar-refractivity contribution in [1.82, 2.24) is 10.3 Å². The Morgan fingerprint density at radius 3 is 2.65 bits per heavy atom. The Kier molecular flexibility index (Phi) is 3.79. The minimum absolute atomic E-state index is 0.0932. The molecular formula is C15H18N2O3. The molecule has 0 radical (unpaired) electrons. The molecule has 1 unspecified atom stereocenters. The van der Waals surface area contributed by atoms with E-state index in [1.54, 1.807) is 13.0 Å². The van der Waals surface area contributed by atoms with E-state index in [2.05, 4.69) is 16.4 Å². The van der Waals surface area contributed by atoms with Crippen LogP contribution in [0.15, 0.2) is 18.2 Å². The average Bonchev–Trinajstić information content (AvgIpc) is 2.71. The molecule has 5 heteroatoms. The molecule has 1 atom stereocenters. The van der Waals surface area contributed by atoms with Gasteiger partial charge < -0.3 is 15.4 Å². The van der Waals surface area contributed by atoms with Crippen LogP contribution in [-0.4, -0.2) is 28.0 Å². The summed E-state index contributed by atoms with van der Waals surface area (Å²) in [4.78, 5) is 25.7. The number of rotatable bonds is 4. The van der Waals surface area contributed by atoms with E-state index in [1.165, 1.54) is 0 Å². The van der Waals surface area contributed by atoms with Gasteiger partial charge in [0.05, 0.1) is 6.42 Å². The van der Waals surface area contributed by atoms with Gasteiger partial charge in [-0.2, -0.15) is 0 Å². The number of carboxylic acid groups (broad SMARTS) is 1. The fourth-order valence-electron chi connectivity index (χ4n) is 2.34. The van der Waals surface area contributed by atoms with E-state index in [0.717, 1.165) is 22.0 Å². The molecule has 3 N–H and O–H groups in total. The number of amides is 1. The van der Waals surface area contributed by atoms with Crippen LogP contribution in [-0.2, 0) is 4.79 Å². The summed E-state index contributed by atoms with van der Waals surface area (Å²) in [6.45, 7) is 5.67. The van der Waals surface area contributed by atoms with E-state index in [1.807, 2.05) is 19.9 Å². The molecule has 106 valence electrons. The third kappa shape index (κ3) is 2.99. The molecule has 5 nitrogen and oxygen atoms in total. The number of H-pyrrole nitrogens is 1. The van der Waals surface area contributed by atoms with Gasteiger partial charge in [-0.15, -0.1) is 0 Å². The van der Waals surface area contributed by atoms with Crippen molar-refractivity contribution in [1.29, 1.82) is 0 Å². The highest BCUT2D eigenvalue weighted by Gasteiger charge is 2.15. The summed E-state index contributed by atoms with van der Waals surface area (Å²) in [5, 5.41) is 12.4. The zero-order valence-electron chi connectivity index (χ0n) is 11.8. The number of hydrogen-bond acceptors (Lipinski definition) is 2. The maximum absolute atomic E-state index is 12.1. The summed E-state index contributed by atoms with van der Waals surface area (Å²) >= 11 is 0. The van der Waals surface area contributed by atoms with Crippen molar-refractivity contribution in [2.24, 2.45) is 0 Å². The van der Waals surface area contributed by atoms with Gasteiger partial charge in [0, 0.05) is 16.9 Å². The first-order valence-electron chi connectivity index (χ1n) is 6.49. The predicted molar refractivity (Wildman–Crippen MR) is 77.0 cm³/mol. The molecule has 0 saturated carbocycles. The lowest BCUT2D eigenvalue weighted by molar-refractivity contribution is -0.137. The lowest BCUT2D eigenvalue weighted by atomic mass is 10.1. The van der Waals surface area contributed by atoms with Crippen molar-refractivity contribution in [2.75, 3.05) is 0 Å². The van der Waals surface area contributed by atoms with Crippen molar-refractivity contribution in [3.8, 4) is 0 Å². The lowest BCUT2D eigenvalue weighted by Gasteiger charge is -2.10. The largest absolute Gasteiger partial charge is 0.481 e. The molecule has 0 saturated heterocycles. The van der Waals surface area contributed by atoms with E-state index in [-0.39, 0.29) is 12.3 Å². The minimum Gasteiger partial charge on any atom is -0.481 e. The Balaban J connectivity index is 2.23. The van der Waals surface area contributed by atoms with Gasteiger partial charge in [-0.05, 0) is 44.0 Å². The van der Waals surface area contributed by atoms with Crippen LogP contribution in [0.2, 0.25) is 0 Å². The first kappa shape index (κ1) is 14.1. The number of fused-ring (bicyclic) bond motifs is 1. The average molecular weight is 274 g/mol. The van der Waals surface area contributed by atoms with Gasteiger partial charge in [0.1, 0.15) is 5.69 Å². The summed E-state index contributed by atoms with van der Waals surface area (Å²) < 4.78 is 0. The molecule has 1 aromatic heterocycles. The minimum atomic E-state index is -0.930. The molecule has 20 heavy (non-hydrogen) atoms. The van der Waals surface area contributed by atoms with E-state index >= 15 is 0 Å². The highest BCUT2D eigenvalue weighted by atomic mass is 16.4. The third-order valence-electron chi connectivity index (χ3n) is 3.19. The van der Waals surface area contributed by atoms with Crippen LogP contribution in [0.25, 0.3) is 10.9 Å². The maximum Gasteiger partial charge on any atom is 0.305 e. The summed E-state index contributed by atoms with van der Waals surface area (Å²) in [7, 11) is 0. The normalized spacial score (nSPS) is 12.3. The standard InChI is InChI=1S/C15H18N2O3/c1-8-4-9(2)11-7-13(17-12(11)5-8)15(20)16-10(3)6-14(18)19/h4-5,7,10,17H,6H2,1-3H3,(H,16,20)(H,18,19). The van der Waals surface area contributed by atoms with Crippen molar-refractivity contribution >= 4 is 22.8 Å². The number of hydrogen-bond donors (Lipinski definition) is 3. The summed E-state index contributed by atoms with van der Waals surface area (Å²) in [6.07, 6.45) is -0.0932. The topological polar surface area (TPSA) is 82.2 Å².